The summed E-state index contributed by atoms with van der Waals surface area (Å²) in [5.41, 5.74) is 1.53. The van der Waals surface area contributed by atoms with Crippen LogP contribution in [0.3, 0.4) is 0 Å². The number of hydrogen-bond acceptors (Lipinski definition) is 4. The van der Waals surface area contributed by atoms with Crippen molar-refractivity contribution in [2.24, 2.45) is 5.92 Å². The van der Waals surface area contributed by atoms with Gasteiger partial charge in [0.25, 0.3) is 0 Å². The monoisotopic (exact) mass is 383 g/mol. The van der Waals surface area contributed by atoms with E-state index >= 15 is 0 Å². The lowest BCUT2D eigenvalue weighted by molar-refractivity contribution is -0.116. The number of piperidine rings is 1. The lowest BCUT2D eigenvalue weighted by Crippen LogP contribution is -2.33. The molecule has 1 N–H and O–H groups in total. The summed E-state index contributed by atoms with van der Waals surface area (Å²) in [5.74, 6) is 1.25. The fourth-order valence-corrected chi connectivity index (χ4v) is 3.15. The van der Waals surface area contributed by atoms with E-state index in [1.165, 1.54) is 38.2 Å². The number of nitrogens with one attached hydrogen (secondary N) is 1. The van der Waals surface area contributed by atoms with Gasteiger partial charge in [-0.05, 0) is 54.2 Å². The summed E-state index contributed by atoms with van der Waals surface area (Å²) in [6.07, 6.45) is 7.15. The van der Waals surface area contributed by atoms with Gasteiger partial charge in [0.1, 0.15) is 5.82 Å². The SMILES string of the molecule is COc1ccc(/C=C/C(=O)NCc2ccc(N3CCC(C)CC3)nc2)cc1F. The second-order valence-corrected chi connectivity index (χ2v) is 7.14. The van der Waals surface area contributed by atoms with E-state index in [-0.39, 0.29) is 11.7 Å². The van der Waals surface area contributed by atoms with Crippen LogP contribution in [0.5, 0.6) is 5.75 Å². The average Bonchev–Trinajstić information content (AvgIpc) is 2.72. The Morgan fingerprint density at radius 3 is 2.75 bits per heavy atom. The van der Waals surface area contributed by atoms with Gasteiger partial charge in [0.2, 0.25) is 5.91 Å². The number of anilines is 1. The van der Waals surface area contributed by atoms with Crippen LogP contribution >= 0.6 is 0 Å². The topological polar surface area (TPSA) is 54.5 Å². The summed E-state index contributed by atoms with van der Waals surface area (Å²) in [4.78, 5) is 18.8. The van der Waals surface area contributed by atoms with Crippen LogP contribution in [0.2, 0.25) is 0 Å². The second kappa shape index (κ2) is 9.35. The minimum absolute atomic E-state index is 0.177. The number of methoxy groups -OCH3 is 1. The Hall–Kier alpha value is -2.89. The summed E-state index contributed by atoms with van der Waals surface area (Å²) in [6.45, 7) is 4.77. The van der Waals surface area contributed by atoms with Crippen molar-refractivity contribution >= 4 is 17.8 Å². The zero-order chi connectivity index (χ0) is 19.9. The summed E-state index contributed by atoms with van der Waals surface area (Å²) >= 11 is 0. The first-order valence-electron chi connectivity index (χ1n) is 9.54. The lowest BCUT2D eigenvalue weighted by Gasteiger charge is -2.31. The summed E-state index contributed by atoms with van der Waals surface area (Å²) < 4.78 is 18.5. The van der Waals surface area contributed by atoms with Crippen molar-refractivity contribution in [2.75, 3.05) is 25.1 Å². The molecule has 6 heteroatoms. The zero-order valence-electron chi connectivity index (χ0n) is 16.3. The van der Waals surface area contributed by atoms with E-state index in [1.807, 2.05) is 12.1 Å². The highest BCUT2D eigenvalue weighted by molar-refractivity contribution is 5.91. The molecule has 2 aromatic rings. The molecule has 0 spiro atoms. The Kier molecular flexibility index (Phi) is 6.63. The highest BCUT2D eigenvalue weighted by atomic mass is 19.1. The molecule has 5 nitrogen and oxygen atoms in total. The Bertz CT molecular complexity index is 828. The van der Waals surface area contributed by atoms with E-state index in [0.29, 0.717) is 12.1 Å². The summed E-state index contributed by atoms with van der Waals surface area (Å²) in [5, 5.41) is 2.81. The minimum Gasteiger partial charge on any atom is -0.494 e. The Labute approximate surface area is 165 Å². The highest BCUT2D eigenvalue weighted by Crippen LogP contribution is 2.21. The number of nitrogens with zero attached hydrogens (tertiary/aromatic N) is 2. The maximum Gasteiger partial charge on any atom is 0.244 e. The van der Waals surface area contributed by atoms with E-state index < -0.39 is 5.82 Å². The lowest BCUT2D eigenvalue weighted by atomic mass is 9.99. The third-order valence-electron chi connectivity index (χ3n) is 4.99. The second-order valence-electron chi connectivity index (χ2n) is 7.14. The van der Waals surface area contributed by atoms with Gasteiger partial charge in [-0.3, -0.25) is 4.79 Å². The Morgan fingerprint density at radius 1 is 1.32 bits per heavy atom. The van der Waals surface area contributed by atoms with Gasteiger partial charge in [-0.15, -0.1) is 0 Å². The van der Waals surface area contributed by atoms with Gasteiger partial charge in [0, 0.05) is 31.9 Å². The van der Waals surface area contributed by atoms with Crippen LogP contribution in [0, 0.1) is 11.7 Å². The Balaban J connectivity index is 1.49. The smallest absolute Gasteiger partial charge is 0.244 e. The standard InChI is InChI=1S/C22H26FN3O2/c1-16-9-11-26(12-10-16)21-7-4-18(14-24-21)15-25-22(27)8-5-17-3-6-20(28-2)19(23)13-17/h3-8,13-14,16H,9-12,15H2,1-2H3,(H,25,27)/b8-5+. The largest absolute Gasteiger partial charge is 0.494 e. The molecule has 0 atom stereocenters. The first kappa shape index (κ1) is 19.9. The normalized spacial score (nSPS) is 15.0. The number of ether oxygens (including phenoxy) is 1. The van der Waals surface area contributed by atoms with Gasteiger partial charge in [-0.1, -0.05) is 19.1 Å². The predicted molar refractivity (Wildman–Crippen MR) is 109 cm³/mol. The molecule has 1 aromatic heterocycles. The average molecular weight is 383 g/mol. The van der Waals surface area contributed by atoms with Crippen LogP contribution in [0.25, 0.3) is 6.08 Å². The van der Waals surface area contributed by atoms with Crippen molar-refractivity contribution in [1.29, 1.82) is 0 Å². The summed E-state index contributed by atoms with van der Waals surface area (Å²) in [7, 11) is 1.41. The van der Waals surface area contributed by atoms with Crippen LogP contribution in [0.4, 0.5) is 10.2 Å². The van der Waals surface area contributed by atoms with Crippen molar-refractivity contribution in [3.63, 3.8) is 0 Å². The predicted octanol–water partition coefficient (Wildman–Crippen LogP) is 3.80. The number of carbonyl (C=O) groups is 1. The van der Waals surface area contributed by atoms with E-state index in [2.05, 4.69) is 22.1 Å². The number of amides is 1. The fourth-order valence-electron chi connectivity index (χ4n) is 3.15. The molecular formula is C22H26FN3O2. The molecule has 148 valence electrons. The first-order valence-corrected chi connectivity index (χ1v) is 9.54. The van der Waals surface area contributed by atoms with Crippen molar-refractivity contribution in [3.05, 3.63) is 59.5 Å². The molecule has 0 aliphatic carbocycles. The van der Waals surface area contributed by atoms with Gasteiger partial charge >= 0.3 is 0 Å². The highest BCUT2D eigenvalue weighted by Gasteiger charge is 2.16. The summed E-state index contributed by atoms with van der Waals surface area (Å²) in [6, 6.07) is 8.54. The van der Waals surface area contributed by atoms with Gasteiger partial charge in [0.15, 0.2) is 11.6 Å². The van der Waals surface area contributed by atoms with E-state index in [0.717, 1.165) is 30.4 Å². The zero-order valence-corrected chi connectivity index (χ0v) is 16.3. The van der Waals surface area contributed by atoms with Crippen LogP contribution in [0.1, 0.15) is 30.9 Å². The van der Waals surface area contributed by atoms with Crippen molar-refractivity contribution in [3.8, 4) is 5.75 Å². The van der Waals surface area contributed by atoms with Crippen LogP contribution in [-0.2, 0) is 11.3 Å². The molecule has 1 aromatic carbocycles. The number of aromatic nitrogens is 1. The number of hydrogen-bond donors (Lipinski definition) is 1. The number of benzene rings is 1. The molecule has 1 amide bonds. The van der Waals surface area contributed by atoms with Gasteiger partial charge in [-0.25, -0.2) is 9.37 Å². The van der Waals surface area contributed by atoms with E-state index in [4.69, 9.17) is 4.74 Å². The minimum atomic E-state index is -0.459. The maximum atomic E-state index is 13.7. The Morgan fingerprint density at radius 2 is 2.11 bits per heavy atom. The molecule has 1 saturated heterocycles. The molecule has 1 aliphatic heterocycles. The number of carbonyl (C=O) groups excluding carboxylic acids is 1. The van der Waals surface area contributed by atoms with Crippen LogP contribution < -0.4 is 15.0 Å². The fraction of sp³-hybridized carbons (Fsp3) is 0.364. The van der Waals surface area contributed by atoms with E-state index in [1.54, 1.807) is 18.3 Å². The number of halogens is 1. The van der Waals surface area contributed by atoms with Crippen LogP contribution in [0.15, 0.2) is 42.6 Å². The molecule has 28 heavy (non-hydrogen) atoms. The number of rotatable bonds is 6. The molecule has 0 radical (unpaired) electrons. The van der Waals surface area contributed by atoms with Crippen molar-refractivity contribution < 1.29 is 13.9 Å². The van der Waals surface area contributed by atoms with Crippen molar-refractivity contribution in [1.82, 2.24) is 10.3 Å². The molecule has 1 fully saturated rings. The molecule has 3 rings (SSSR count). The molecule has 0 saturated carbocycles. The molecular weight excluding hydrogens is 357 g/mol. The quantitative estimate of drug-likeness (QED) is 0.771. The first-order chi connectivity index (χ1) is 13.5. The number of pyridine rings is 1. The molecule has 0 bridgehead atoms. The van der Waals surface area contributed by atoms with Gasteiger partial charge in [-0.2, -0.15) is 0 Å². The van der Waals surface area contributed by atoms with Gasteiger partial charge in [0.05, 0.1) is 7.11 Å². The van der Waals surface area contributed by atoms with E-state index in [9.17, 15) is 9.18 Å². The van der Waals surface area contributed by atoms with Gasteiger partial charge < -0.3 is 15.0 Å². The van der Waals surface area contributed by atoms with Crippen molar-refractivity contribution in [2.45, 2.75) is 26.3 Å². The molecule has 0 unspecified atom stereocenters. The molecule has 2 heterocycles. The maximum absolute atomic E-state index is 13.7. The molecule has 1 aliphatic rings. The third-order valence-corrected chi connectivity index (χ3v) is 4.99. The third kappa shape index (κ3) is 5.31. The van der Waals surface area contributed by atoms with Crippen LogP contribution in [-0.4, -0.2) is 31.1 Å².